The number of hydrogen-bond donors (Lipinski definition) is 1. The molecule has 1 aliphatic rings. The highest BCUT2D eigenvalue weighted by Gasteiger charge is 2.25. The van der Waals surface area contributed by atoms with Crippen LogP contribution >= 0.6 is 11.6 Å². The van der Waals surface area contributed by atoms with E-state index in [1.54, 1.807) is 25.1 Å². The van der Waals surface area contributed by atoms with Gasteiger partial charge in [0.2, 0.25) is 5.76 Å². The van der Waals surface area contributed by atoms with Gasteiger partial charge in [0, 0.05) is 16.1 Å². The lowest BCUT2D eigenvalue weighted by Crippen LogP contribution is -2.34. The number of aromatic nitrogens is 2. The lowest BCUT2D eigenvalue weighted by Gasteiger charge is -2.25. The van der Waals surface area contributed by atoms with Crippen molar-refractivity contribution in [1.29, 1.82) is 0 Å². The van der Waals surface area contributed by atoms with Crippen LogP contribution in [-0.4, -0.2) is 46.0 Å². The molecule has 3 heterocycles. The quantitative estimate of drug-likeness (QED) is 0.436. The first-order valence-corrected chi connectivity index (χ1v) is 10.8. The highest BCUT2D eigenvalue weighted by atomic mass is 35.5. The Morgan fingerprint density at radius 3 is 2.79 bits per heavy atom. The smallest absolute Gasteiger partial charge is 0.307 e. The lowest BCUT2D eigenvalue weighted by atomic mass is 10.1. The summed E-state index contributed by atoms with van der Waals surface area (Å²) >= 11 is 6.11. The molecule has 5 rings (SSSR count). The van der Waals surface area contributed by atoms with Gasteiger partial charge in [0.1, 0.15) is 13.2 Å². The van der Waals surface area contributed by atoms with Gasteiger partial charge in [-0.25, -0.2) is 0 Å². The Bertz CT molecular complexity index is 1410. The van der Waals surface area contributed by atoms with Crippen LogP contribution in [0.4, 0.5) is 0 Å². The Kier molecular flexibility index (Phi) is 5.62. The zero-order valence-corrected chi connectivity index (χ0v) is 18.7. The van der Waals surface area contributed by atoms with Crippen LogP contribution in [0.5, 0.6) is 17.4 Å². The molecule has 0 saturated carbocycles. The van der Waals surface area contributed by atoms with Gasteiger partial charge in [0.05, 0.1) is 18.0 Å². The maximum atomic E-state index is 13.3. The van der Waals surface area contributed by atoms with Crippen molar-refractivity contribution >= 4 is 34.4 Å². The van der Waals surface area contributed by atoms with Crippen LogP contribution in [0.25, 0.3) is 10.9 Å². The summed E-state index contributed by atoms with van der Waals surface area (Å²) in [6, 6.07) is 13.7. The third-order valence-corrected chi connectivity index (χ3v) is 5.75. The van der Waals surface area contributed by atoms with E-state index < -0.39 is 11.9 Å². The molecule has 0 saturated heterocycles. The fourth-order valence-electron chi connectivity index (χ4n) is 3.95. The number of carbonyl (C=O) groups is 2. The number of halogens is 1. The highest BCUT2D eigenvalue weighted by molar-refractivity contribution is 6.31. The number of carboxylic acids is 1. The van der Waals surface area contributed by atoms with Crippen molar-refractivity contribution in [2.75, 3.05) is 13.2 Å². The minimum Gasteiger partial charge on any atom is -0.486 e. The number of benzene rings is 2. The van der Waals surface area contributed by atoms with Crippen molar-refractivity contribution in [2.45, 2.75) is 19.4 Å². The van der Waals surface area contributed by atoms with Gasteiger partial charge in [0.25, 0.3) is 5.88 Å². The second-order valence-corrected chi connectivity index (χ2v) is 8.21. The Hall–Kier alpha value is -3.98. The molecular formula is C24H19ClN2O7. The molecule has 4 aromatic rings. The summed E-state index contributed by atoms with van der Waals surface area (Å²) in [4.78, 5) is 24.7. The topological polar surface area (TPSA) is 113 Å². The van der Waals surface area contributed by atoms with E-state index in [1.165, 1.54) is 10.6 Å². The van der Waals surface area contributed by atoms with Gasteiger partial charge < -0.3 is 23.8 Å². The molecule has 0 bridgehead atoms. The number of nitrogens with zero attached hydrogens (tertiary/aromatic N) is 2. The van der Waals surface area contributed by atoms with Gasteiger partial charge in [-0.05, 0) is 48.0 Å². The number of ether oxygens (including phenoxy) is 3. The molecule has 0 spiro atoms. The minimum absolute atomic E-state index is 0.0574. The van der Waals surface area contributed by atoms with Crippen molar-refractivity contribution in [2.24, 2.45) is 0 Å². The average molecular weight is 483 g/mol. The summed E-state index contributed by atoms with van der Waals surface area (Å²) in [5.74, 6) is -0.153. The summed E-state index contributed by atoms with van der Waals surface area (Å²) in [7, 11) is 0. The molecule has 174 valence electrons. The number of hydrogen-bond acceptors (Lipinski definition) is 7. The van der Waals surface area contributed by atoms with Gasteiger partial charge in [-0.1, -0.05) is 23.7 Å². The fraction of sp³-hybridized carbons (Fsp3) is 0.208. The first-order chi connectivity index (χ1) is 16.4. The third kappa shape index (κ3) is 4.06. The molecular weight excluding hydrogens is 464 g/mol. The number of fused-ring (bicyclic) bond motifs is 2. The maximum absolute atomic E-state index is 13.3. The van der Waals surface area contributed by atoms with Gasteiger partial charge in [-0.3, -0.25) is 14.2 Å². The van der Waals surface area contributed by atoms with Crippen molar-refractivity contribution in [3.8, 4) is 17.4 Å². The number of carboxylic acid groups (broad SMARTS) is 1. The van der Waals surface area contributed by atoms with E-state index in [0.717, 1.165) is 0 Å². The molecule has 1 N–H and O–H groups in total. The molecule has 0 radical (unpaired) electrons. The second-order valence-electron chi connectivity index (χ2n) is 7.77. The number of rotatable bonds is 6. The van der Waals surface area contributed by atoms with Crippen molar-refractivity contribution in [3.63, 3.8) is 0 Å². The van der Waals surface area contributed by atoms with Crippen LogP contribution in [0.2, 0.25) is 5.02 Å². The van der Waals surface area contributed by atoms with E-state index in [2.05, 4.69) is 5.16 Å². The van der Waals surface area contributed by atoms with E-state index >= 15 is 0 Å². The predicted molar refractivity (Wildman–Crippen MR) is 121 cm³/mol. The van der Waals surface area contributed by atoms with E-state index in [9.17, 15) is 14.7 Å². The Morgan fingerprint density at radius 2 is 2.00 bits per heavy atom. The largest absolute Gasteiger partial charge is 0.486 e. The lowest BCUT2D eigenvalue weighted by molar-refractivity contribution is -0.136. The summed E-state index contributed by atoms with van der Waals surface area (Å²) < 4.78 is 23.8. The number of para-hydroxylation sites is 2. The molecule has 0 amide bonds. The Morgan fingerprint density at radius 1 is 1.21 bits per heavy atom. The third-order valence-electron chi connectivity index (χ3n) is 5.51. The molecule has 0 unspecified atom stereocenters. The summed E-state index contributed by atoms with van der Waals surface area (Å²) in [5, 5.41) is 14.2. The normalized spacial score (nSPS) is 14.8. The molecule has 0 fully saturated rings. The standard InChI is InChI=1S/C24H19ClN2O7/c1-13-16(9-23(28)29)17-8-14(25)6-7-18(17)27(13)24(30)21-10-22(26-34-21)32-12-15-11-31-19-4-2-3-5-20(19)33-15/h2-8,10,15H,9,11-12H2,1H3,(H,28,29)/t15-/m0/s1. The maximum Gasteiger partial charge on any atom is 0.307 e. The van der Waals surface area contributed by atoms with Crippen molar-refractivity contribution in [3.05, 3.63) is 70.6 Å². The molecule has 0 aliphatic carbocycles. The first kappa shape index (κ1) is 21.8. The van der Waals surface area contributed by atoms with Crippen molar-refractivity contribution < 1.29 is 33.4 Å². The number of aliphatic carboxylic acids is 1. The van der Waals surface area contributed by atoms with Gasteiger partial charge in [-0.15, -0.1) is 0 Å². The Balaban J connectivity index is 1.35. The highest BCUT2D eigenvalue weighted by Crippen LogP contribution is 2.32. The molecule has 2 aromatic carbocycles. The Labute approximate surface area is 198 Å². The second kappa shape index (κ2) is 8.75. The van der Waals surface area contributed by atoms with E-state index in [-0.39, 0.29) is 30.8 Å². The van der Waals surface area contributed by atoms with E-state index in [1.807, 2.05) is 24.3 Å². The minimum atomic E-state index is -1.01. The van der Waals surface area contributed by atoms with E-state index in [4.69, 9.17) is 30.3 Å². The summed E-state index contributed by atoms with van der Waals surface area (Å²) in [5.41, 5.74) is 1.51. The van der Waals surface area contributed by atoms with Crippen LogP contribution in [-0.2, 0) is 11.2 Å². The van der Waals surface area contributed by atoms with Gasteiger partial charge >= 0.3 is 11.9 Å². The van der Waals surface area contributed by atoms with E-state index in [0.29, 0.717) is 45.3 Å². The van der Waals surface area contributed by atoms with Crippen LogP contribution in [0.3, 0.4) is 0 Å². The SMILES string of the molecule is Cc1c(CC(=O)O)c2cc(Cl)ccc2n1C(=O)c1cc(OC[C@@H]2COc3ccccc3O2)no1. The molecule has 1 atom stereocenters. The zero-order valence-electron chi connectivity index (χ0n) is 18.0. The fourth-order valence-corrected chi connectivity index (χ4v) is 4.13. The van der Waals surface area contributed by atoms with Crippen molar-refractivity contribution in [1.82, 2.24) is 9.72 Å². The monoisotopic (exact) mass is 482 g/mol. The average Bonchev–Trinajstić information content (AvgIpc) is 3.40. The summed E-state index contributed by atoms with van der Waals surface area (Å²) in [6.07, 6.45) is -0.606. The number of carbonyl (C=O) groups excluding carboxylic acids is 1. The van der Waals surface area contributed by atoms with Crippen LogP contribution in [0.1, 0.15) is 21.8 Å². The van der Waals surface area contributed by atoms with Crippen LogP contribution in [0, 0.1) is 6.92 Å². The molecule has 10 heteroatoms. The molecule has 9 nitrogen and oxygen atoms in total. The predicted octanol–water partition coefficient (Wildman–Crippen LogP) is 4.13. The molecule has 1 aliphatic heterocycles. The summed E-state index contributed by atoms with van der Waals surface area (Å²) in [6.45, 7) is 2.13. The van der Waals surface area contributed by atoms with Crippen LogP contribution < -0.4 is 14.2 Å². The van der Waals surface area contributed by atoms with Crippen LogP contribution in [0.15, 0.2) is 53.1 Å². The molecule has 34 heavy (non-hydrogen) atoms. The zero-order chi connectivity index (χ0) is 23.8. The first-order valence-electron chi connectivity index (χ1n) is 10.4. The van der Waals surface area contributed by atoms with Gasteiger partial charge in [0.15, 0.2) is 17.6 Å². The molecule has 2 aromatic heterocycles. The van der Waals surface area contributed by atoms with Gasteiger partial charge in [-0.2, -0.15) is 0 Å².